The highest BCUT2D eigenvalue weighted by atomic mass is 32.2. The van der Waals surface area contributed by atoms with Crippen molar-refractivity contribution in [1.82, 2.24) is 5.32 Å². The molecule has 0 aromatic heterocycles. The molecule has 2 bridgehead atoms. The highest BCUT2D eigenvalue weighted by Gasteiger charge is 2.40. The van der Waals surface area contributed by atoms with Crippen LogP contribution < -0.4 is 23.8 Å². The second kappa shape index (κ2) is 10.1. The molecule has 184 valence electrons. The number of fused-ring (bicyclic) bond motifs is 2. The fraction of sp³-hybridized carbons (Fsp3) is 0.480. The van der Waals surface area contributed by atoms with Crippen LogP contribution in [-0.2, 0) is 14.8 Å². The van der Waals surface area contributed by atoms with Crippen molar-refractivity contribution in [3.05, 3.63) is 42.5 Å². The molecule has 2 aliphatic rings. The Labute approximate surface area is 201 Å². The van der Waals surface area contributed by atoms with Crippen molar-refractivity contribution in [2.24, 2.45) is 11.8 Å². The lowest BCUT2D eigenvalue weighted by molar-refractivity contribution is -0.120. The summed E-state index contributed by atoms with van der Waals surface area (Å²) in [4.78, 5) is 13.0. The van der Waals surface area contributed by atoms with E-state index in [1.54, 1.807) is 24.3 Å². The number of nitrogens with zero attached hydrogens (tertiary/aromatic N) is 1. The molecule has 2 fully saturated rings. The van der Waals surface area contributed by atoms with Gasteiger partial charge in [-0.25, -0.2) is 8.42 Å². The first-order valence-corrected chi connectivity index (χ1v) is 13.1. The van der Waals surface area contributed by atoms with Crippen LogP contribution >= 0.6 is 0 Å². The average Bonchev–Trinajstić information content (AvgIpc) is 3.46. The summed E-state index contributed by atoms with van der Waals surface area (Å²) < 4.78 is 44.6. The standard InChI is InChI=1S/C25H32N2O6S/c1-4-33-20-9-7-19(8-10-20)27(16-25(28)26-22-14-17-5-6-18(22)13-17)34(29,30)21-11-12-23(31-2)24(15-21)32-3/h7-12,15,17-18,22H,4-6,13-14,16H2,1-3H3,(H,26,28). The molecule has 1 N–H and O–H groups in total. The van der Waals surface area contributed by atoms with Crippen LogP contribution in [0.15, 0.2) is 47.4 Å². The van der Waals surface area contributed by atoms with E-state index in [0.29, 0.717) is 41.4 Å². The van der Waals surface area contributed by atoms with Crippen molar-refractivity contribution in [2.45, 2.75) is 43.5 Å². The fourth-order valence-electron chi connectivity index (χ4n) is 5.10. The Morgan fingerprint density at radius 2 is 1.76 bits per heavy atom. The Hall–Kier alpha value is -2.94. The quantitative estimate of drug-likeness (QED) is 0.549. The van der Waals surface area contributed by atoms with Crippen molar-refractivity contribution >= 4 is 21.6 Å². The molecule has 34 heavy (non-hydrogen) atoms. The summed E-state index contributed by atoms with van der Waals surface area (Å²) in [7, 11) is -1.15. The summed E-state index contributed by atoms with van der Waals surface area (Å²) in [5.74, 6) is 2.20. The third kappa shape index (κ3) is 4.94. The largest absolute Gasteiger partial charge is 0.494 e. The number of carbonyl (C=O) groups excluding carboxylic acids is 1. The maximum absolute atomic E-state index is 13.7. The zero-order chi connectivity index (χ0) is 24.3. The van der Waals surface area contributed by atoms with Crippen LogP contribution in [0.3, 0.4) is 0 Å². The molecule has 0 saturated heterocycles. The van der Waals surface area contributed by atoms with Gasteiger partial charge in [0, 0.05) is 12.1 Å². The predicted octanol–water partition coefficient (Wildman–Crippen LogP) is 3.60. The second-order valence-corrected chi connectivity index (χ2v) is 10.7. The first kappa shape index (κ1) is 24.2. The molecule has 1 amide bonds. The van der Waals surface area contributed by atoms with Gasteiger partial charge in [0.05, 0.1) is 31.4 Å². The highest BCUT2D eigenvalue weighted by molar-refractivity contribution is 7.92. The monoisotopic (exact) mass is 488 g/mol. The number of benzene rings is 2. The lowest BCUT2D eigenvalue weighted by Gasteiger charge is -2.27. The third-order valence-corrected chi connectivity index (χ3v) is 8.52. The predicted molar refractivity (Wildman–Crippen MR) is 129 cm³/mol. The van der Waals surface area contributed by atoms with Crippen LogP contribution in [0.2, 0.25) is 0 Å². The maximum atomic E-state index is 13.7. The lowest BCUT2D eigenvalue weighted by atomic mass is 9.95. The van der Waals surface area contributed by atoms with Crippen molar-refractivity contribution in [3.8, 4) is 17.2 Å². The minimum atomic E-state index is -4.08. The van der Waals surface area contributed by atoms with Crippen LogP contribution in [0.4, 0.5) is 5.69 Å². The van der Waals surface area contributed by atoms with Gasteiger partial charge in [0.1, 0.15) is 12.3 Å². The molecule has 3 unspecified atom stereocenters. The Morgan fingerprint density at radius 1 is 1.03 bits per heavy atom. The summed E-state index contributed by atoms with van der Waals surface area (Å²) in [5.41, 5.74) is 0.376. The number of methoxy groups -OCH3 is 2. The molecule has 2 saturated carbocycles. The average molecular weight is 489 g/mol. The van der Waals surface area contributed by atoms with Gasteiger partial charge in [-0.05, 0) is 74.4 Å². The van der Waals surface area contributed by atoms with Crippen LogP contribution in [0, 0.1) is 11.8 Å². The smallest absolute Gasteiger partial charge is 0.264 e. The van der Waals surface area contributed by atoms with E-state index >= 15 is 0 Å². The number of sulfonamides is 1. The highest BCUT2D eigenvalue weighted by Crippen LogP contribution is 2.44. The van der Waals surface area contributed by atoms with Gasteiger partial charge >= 0.3 is 0 Å². The van der Waals surface area contributed by atoms with Crippen LogP contribution in [0.5, 0.6) is 17.2 Å². The van der Waals surface area contributed by atoms with E-state index in [0.717, 1.165) is 23.6 Å². The molecule has 0 spiro atoms. The van der Waals surface area contributed by atoms with Gasteiger partial charge in [-0.15, -0.1) is 0 Å². The van der Waals surface area contributed by atoms with Crippen LogP contribution in [-0.4, -0.2) is 47.7 Å². The molecule has 0 radical (unpaired) electrons. The van der Waals surface area contributed by atoms with Gasteiger partial charge in [-0.3, -0.25) is 9.10 Å². The van der Waals surface area contributed by atoms with E-state index < -0.39 is 10.0 Å². The summed E-state index contributed by atoms with van der Waals surface area (Å²) in [5, 5.41) is 3.09. The summed E-state index contributed by atoms with van der Waals surface area (Å²) >= 11 is 0. The van der Waals surface area contributed by atoms with Crippen molar-refractivity contribution in [1.29, 1.82) is 0 Å². The summed E-state index contributed by atoms with van der Waals surface area (Å²) in [6, 6.07) is 11.2. The topological polar surface area (TPSA) is 94.2 Å². The number of nitrogens with one attached hydrogen (secondary N) is 1. The molecule has 9 heteroatoms. The van der Waals surface area contributed by atoms with Gasteiger partial charge < -0.3 is 19.5 Å². The molecule has 2 aromatic rings. The number of carbonyl (C=O) groups is 1. The molecular formula is C25H32N2O6S. The molecule has 0 heterocycles. The number of hydrogen-bond acceptors (Lipinski definition) is 6. The van der Waals surface area contributed by atoms with Crippen molar-refractivity contribution < 1.29 is 27.4 Å². The van der Waals surface area contributed by atoms with E-state index in [9.17, 15) is 13.2 Å². The molecule has 0 aliphatic heterocycles. The normalized spacial score (nSPS) is 21.2. The zero-order valence-corrected chi connectivity index (χ0v) is 20.6. The first-order chi connectivity index (χ1) is 16.3. The lowest BCUT2D eigenvalue weighted by Crippen LogP contribution is -2.46. The van der Waals surface area contributed by atoms with E-state index in [-0.39, 0.29) is 23.4 Å². The Kier molecular flexibility index (Phi) is 7.21. The summed E-state index contributed by atoms with van der Waals surface area (Å²) in [6.45, 7) is 2.05. The number of amides is 1. The zero-order valence-electron chi connectivity index (χ0n) is 19.8. The fourth-order valence-corrected chi connectivity index (χ4v) is 6.54. The number of hydrogen-bond donors (Lipinski definition) is 1. The Bertz CT molecular complexity index is 1120. The minimum Gasteiger partial charge on any atom is -0.494 e. The molecule has 3 atom stereocenters. The van der Waals surface area contributed by atoms with Gasteiger partial charge in [0.2, 0.25) is 5.91 Å². The van der Waals surface area contributed by atoms with E-state index in [2.05, 4.69) is 5.32 Å². The van der Waals surface area contributed by atoms with Gasteiger partial charge in [0.15, 0.2) is 11.5 Å². The van der Waals surface area contributed by atoms with Gasteiger partial charge in [-0.1, -0.05) is 6.42 Å². The van der Waals surface area contributed by atoms with Gasteiger partial charge in [-0.2, -0.15) is 0 Å². The molecule has 4 rings (SSSR count). The number of anilines is 1. The van der Waals surface area contributed by atoms with Crippen LogP contribution in [0.25, 0.3) is 0 Å². The first-order valence-electron chi connectivity index (χ1n) is 11.6. The maximum Gasteiger partial charge on any atom is 0.264 e. The Morgan fingerprint density at radius 3 is 2.35 bits per heavy atom. The number of ether oxygens (including phenoxy) is 3. The van der Waals surface area contributed by atoms with E-state index in [1.807, 2.05) is 6.92 Å². The number of rotatable bonds is 10. The van der Waals surface area contributed by atoms with Crippen molar-refractivity contribution in [3.63, 3.8) is 0 Å². The van der Waals surface area contributed by atoms with E-state index in [1.165, 1.54) is 38.8 Å². The van der Waals surface area contributed by atoms with Crippen molar-refractivity contribution in [2.75, 3.05) is 31.7 Å². The summed E-state index contributed by atoms with van der Waals surface area (Å²) in [6.07, 6.45) is 4.48. The molecule has 2 aliphatic carbocycles. The van der Waals surface area contributed by atoms with Gasteiger partial charge in [0.25, 0.3) is 10.0 Å². The van der Waals surface area contributed by atoms with E-state index in [4.69, 9.17) is 14.2 Å². The molecular weight excluding hydrogens is 456 g/mol. The van der Waals surface area contributed by atoms with Crippen LogP contribution in [0.1, 0.15) is 32.6 Å². The SMILES string of the molecule is CCOc1ccc(N(CC(=O)NC2CC3CCC2C3)S(=O)(=O)c2ccc(OC)c(OC)c2)cc1. The third-order valence-electron chi connectivity index (χ3n) is 6.75. The molecule has 8 nitrogen and oxygen atoms in total. The Balaban J connectivity index is 1.63. The minimum absolute atomic E-state index is 0.00626. The molecule has 2 aromatic carbocycles. The second-order valence-electron chi connectivity index (χ2n) is 8.80.